The molecule has 1 aliphatic heterocycles. The van der Waals surface area contributed by atoms with Gasteiger partial charge in [-0.05, 0) is 61.1 Å². The Morgan fingerprint density at radius 2 is 1.82 bits per heavy atom. The van der Waals surface area contributed by atoms with Gasteiger partial charge in [-0.25, -0.2) is 9.18 Å². The summed E-state index contributed by atoms with van der Waals surface area (Å²) in [5.74, 6) is -2.15. The second kappa shape index (κ2) is 9.49. The number of rotatable bonds is 7. The Kier molecular flexibility index (Phi) is 7.09. The van der Waals surface area contributed by atoms with Crippen LogP contribution in [0.15, 0.2) is 24.3 Å². The van der Waals surface area contributed by atoms with E-state index in [4.69, 9.17) is 5.73 Å². The molecule has 2 fully saturated rings. The highest BCUT2D eigenvalue weighted by Gasteiger charge is 2.53. The number of halogens is 1. The van der Waals surface area contributed by atoms with Gasteiger partial charge in [0.1, 0.15) is 17.9 Å². The normalized spacial score (nSPS) is 24.0. The summed E-state index contributed by atoms with van der Waals surface area (Å²) in [6, 6.07) is 5.10. The van der Waals surface area contributed by atoms with Crippen molar-refractivity contribution in [3.63, 3.8) is 0 Å². The lowest BCUT2D eigenvalue weighted by molar-refractivity contribution is -0.136. The molecule has 3 rings (SSSR count). The van der Waals surface area contributed by atoms with Crippen molar-refractivity contribution >= 4 is 23.8 Å². The summed E-state index contributed by atoms with van der Waals surface area (Å²) >= 11 is 0. The first-order valence-corrected chi connectivity index (χ1v) is 11.4. The molecule has 180 valence electrons. The standard InChI is InChI=1S/C24H33FN4O4/c1-23(2,3)17-8-10-24(11-9-17)21(32)29(22(33)28-24)14-19(30)27-13-16(20(26)31)12-15-4-6-18(25)7-5-15/h4-7,16-17H,8-14H2,1-3H3,(H2,26,31)(H,27,30)(H,28,33). The van der Waals surface area contributed by atoms with Gasteiger partial charge in [0.15, 0.2) is 0 Å². The van der Waals surface area contributed by atoms with Crippen LogP contribution in [0.1, 0.15) is 52.0 Å². The molecule has 1 saturated carbocycles. The first kappa shape index (κ1) is 24.7. The van der Waals surface area contributed by atoms with Crippen LogP contribution in [-0.4, -0.2) is 47.3 Å². The van der Waals surface area contributed by atoms with Crippen LogP contribution in [-0.2, 0) is 20.8 Å². The van der Waals surface area contributed by atoms with Gasteiger partial charge in [-0.3, -0.25) is 19.3 Å². The van der Waals surface area contributed by atoms with E-state index in [1.807, 2.05) is 0 Å². The second-order valence-corrected chi connectivity index (χ2v) is 10.3. The first-order valence-electron chi connectivity index (χ1n) is 11.4. The molecule has 5 amide bonds. The zero-order chi connectivity index (χ0) is 24.4. The minimum Gasteiger partial charge on any atom is -0.369 e. The van der Waals surface area contributed by atoms with Gasteiger partial charge in [0.25, 0.3) is 5.91 Å². The minimum absolute atomic E-state index is 0.0480. The Morgan fingerprint density at radius 3 is 2.36 bits per heavy atom. The van der Waals surface area contributed by atoms with E-state index in [0.29, 0.717) is 24.3 Å². The lowest BCUT2D eigenvalue weighted by atomic mass is 9.67. The number of carbonyl (C=O) groups is 4. The summed E-state index contributed by atoms with van der Waals surface area (Å²) in [5.41, 5.74) is 5.36. The van der Waals surface area contributed by atoms with E-state index in [9.17, 15) is 23.6 Å². The van der Waals surface area contributed by atoms with Crippen molar-refractivity contribution in [2.45, 2.75) is 58.4 Å². The summed E-state index contributed by atoms with van der Waals surface area (Å²) in [6.45, 7) is 6.06. The topological polar surface area (TPSA) is 122 Å². The Morgan fingerprint density at radius 1 is 1.21 bits per heavy atom. The molecule has 33 heavy (non-hydrogen) atoms. The highest BCUT2D eigenvalue weighted by atomic mass is 19.1. The average molecular weight is 461 g/mol. The van der Waals surface area contributed by atoms with E-state index in [1.165, 1.54) is 12.1 Å². The largest absolute Gasteiger partial charge is 0.369 e. The van der Waals surface area contributed by atoms with Crippen molar-refractivity contribution < 1.29 is 23.6 Å². The fraction of sp³-hybridized carbons (Fsp3) is 0.583. The van der Waals surface area contributed by atoms with Gasteiger partial charge in [-0.15, -0.1) is 0 Å². The van der Waals surface area contributed by atoms with Gasteiger partial charge in [-0.2, -0.15) is 0 Å². The zero-order valence-corrected chi connectivity index (χ0v) is 19.4. The molecule has 0 radical (unpaired) electrons. The van der Waals surface area contributed by atoms with Crippen LogP contribution < -0.4 is 16.4 Å². The van der Waals surface area contributed by atoms with Crippen molar-refractivity contribution in [3.05, 3.63) is 35.6 Å². The summed E-state index contributed by atoms with van der Waals surface area (Å²) in [6.07, 6.45) is 3.01. The molecular weight excluding hydrogens is 427 g/mol. The average Bonchev–Trinajstić information content (AvgIpc) is 2.96. The summed E-state index contributed by atoms with van der Waals surface area (Å²) in [7, 11) is 0. The highest BCUT2D eigenvalue weighted by Crippen LogP contribution is 2.43. The number of urea groups is 1. The van der Waals surface area contributed by atoms with Crippen LogP contribution >= 0.6 is 0 Å². The fourth-order valence-corrected chi connectivity index (χ4v) is 4.75. The van der Waals surface area contributed by atoms with Gasteiger partial charge in [0.2, 0.25) is 11.8 Å². The molecule has 0 bridgehead atoms. The van der Waals surface area contributed by atoms with E-state index in [-0.39, 0.29) is 30.1 Å². The SMILES string of the molecule is CC(C)(C)C1CCC2(CC1)NC(=O)N(CC(=O)NCC(Cc1ccc(F)cc1)C(N)=O)C2=O. The van der Waals surface area contributed by atoms with Crippen LogP contribution in [0, 0.1) is 23.1 Å². The number of carbonyl (C=O) groups excluding carboxylic acids is 4. The molecule has 1 spiro atoms. The van der Waals surface area contributed by atoms with Crippen LogP contribution in [0.2, 0.25) is 0 Å². The quantitative estimate of drug-likeness (QED) is 0.540. The predicted molar refractivity (Wildman–Crippen MR) is 120 cm³/mol. The Hall–Kier alpha value is -2.97. The monoisotopic (exact) mass is 460 g/mol. The third-order valence-electron chi connectivity index (χ3n) is 6.95. The maximum atomic E-state index is 13.1. The van der Waals surface area contributed by atoms with Gasteiger partial charge < -0.3 is 16.4 Å². The number of imide groups is 1. The van der Waals surface area contributed by atoms with Crippen LogP contribution in [0.25, 0.3) is 0 Å². The van der Waals surface area contributed by atoms with Crippen molar-refractivity contribution in [2.24, 2.45) is 23.0 Å². The Balaban J connectivity index is 1.55. The Bertz CT molecular complexity index is 917. The zero-order valence-electron chi connectivity index (χ0n) is 19.4. The molecule has 0 aromatic heterocycles. The van der Waals surface area contributed by atoms with Gasteiger partial charge in [0, 0.05) is 6.54 Å². The van der Waals surface area contributed by atoms with Crippen molar-refractivity contribution in [1.29, 1.82) is 0 Å². The van der Waals surface area contributed by atoms with E-state index >= 15 is 0 Å². The van der Waals surface area contributed by atoms with Gasteiger partial charge in [-0.1, -0.05) is 32.9 Å². The first-order chi connectivity index (χ1) is 15.4. The smallest absolute Gasteiger partial charge is 0.325 e. The molecule has 1 atom stereocenters. The third-order valence-corrected chi connectivity index (χ3v) is 6.95. The second-order valence-electron chi connectivity index (χ2n) is 10.3. The van der Waals surface area contributed by atoms with Crippen molar-refractivity contribution in [3.8, 4) is 0 Å². The molecule has 1 heterocycles. The summed E-state index contributed by atoms with van der Waals surface area (Å²) in [4.78, 5) is 50.8. The third kappa shape index (κ3) is 5.69. The molecule has 4 N–H and O–H groups in total. The molecule has 9 heteroatoms. The van der Waals surface area contributed by atoms with Crippen LogP contribution in [0.5, 0.6) is 0 Å². The van der Waals surface area contributed by atoms with E-state index in [1.54, 1.807) is 12.1 Å². The molecule has 1 saturated heterocycles. The maximum absolute atomic E-state index is 13.1. The Labute approximate surface area is 193 Å². The van der Waals surface area contributed by atoms with Crippen LogP contribution in [0.3, 0.4) is 0 Å². The number of hydrogen-bond acceptors (Lipinski definition) is 4. The van der Waals surface area contributed by atoms with Gasteiger partial charge >= 0.3 is 6.03 Å². The number of nitrogens with zero attached hydrogens (tertiary/aromatic N) is 1. The minimum atomic E-state index is -0.933. The molecule has 8 nitrogen and oxygen atoms in total. The number of benzene rings is 1. The molecule has 2 aliphatic rings. The maximum Gasteiger partial charge on any atom is 0.325 e. The van der Waals surface area contributed by atoms with E-state index in [0.717, 1.165) is 17.7 Å². The van der Waals surface area contributed by atoms with E-state index < -0.39 is 35.8 Å². The number of amides is 5. The number of nitrogens with one attached hydrogen (secondary N) is 2. The number of primary amides is 1. The molecule has 1 aliphatic carbocycles. The molecule has 1 aromatic rings. The number of hydrogen-bond donors (Lipinski definition) is 3. The van der Waals surface area contributed by atoms with Crippen molar-refractivity contribution in [1.82, 2.24) is 15.5 Å². The number of nitrogens with two attached hydrogens (primary N) is 1. The van der Waals surface area contributed by atoms with E-state index in [2.05, 4.69) is 31.4 Å². The summed E-state index contributed by atoms with van der Waals surface area (Å²) in [5, 5.41) is 5.41. The van der Waals surface area contributed by atoms with Crippen LogP contribution in [0.4, 0.5) is 9.18 Å². The highest BCUT2D eigenvalue weighted by molar-refractivity contribution is 6.09. The molecule has 1 aromatic carbocycles. The van der Waals surface area contributed by atoms with Crippen molar-refractivity contribution in [2.75, 3.05) is 13.1 Å². The lowest BCUT2D eigenvalue weighted by Gasteiger charge is -2.40. The van der Waals surface area contributed by atoms with Gasteiger partial charge in [0.05, 0.1) is 5.92 Å². The molecule has 1 unspecified atom stereocenters. The lowest BCUT2D eigenvalue weighted by Crippen LogP contribution is -2.51. The summed E-state index contributed by atoms with van der Waals surface area (Å²) < 4.78 is 13.1. The molecular formula is C24H33FN4O4. The predicted octanol–water partition coefficient (Wildman–Crippen LogP) is 2.11. The fourth-order valence-electron chi connectivity index (χ4n) is 4.75.